The quantitative estimate of drug-likeness (QED) is 0.756. The molecule has 0 spiro atoms. The Morgan fingerprint density at radius 2 is 1.50 bits per heavy atom. The van der Waals surface area contributed by atoms with Gasteiger partial charge in [0.25, 0.3) is 5.91 Å². The molecule has 90 valence electrons. The average molecular weight is 264 g/mol. The van der Waals surface area contributed by atoms with Gasteiger partial charge in [-0.15, -0.1) is 0 Å². The molecule has 0 bridgehead atoms. The lowest BCUT2D eigenvalue weighted by Crippen LogP contribution is -2.34. The molecule has 0 heterocycles. The summed E-state index contributed by atoms with van der Waals surface area (Å²) in [5, 5.41) is 0. The molecule has 1 rings (SSSR count). The third-order valence-corrected chi connectivity index (χ3v) is 3.06. The van der Waals surface area contributed by atoms with Gasteiger partial charge in [-0.05, 0) is 12.1 Å². The van der Waals surface area contributed by atoms with Crippen molar-refractivity contribution < 1.29 is 22.3 Å². The Hall–Kier alpha value is -1.13. The lowest BCUT2D eigenvalue weighted by atomic mass is 10.2. The maximum absolute atomic E-state index is 11.4. The van der Waals surface area contributed by atoms with Crippen LogP contribution in [0.4, 0.5) is 0 Å². The van der Waals surface area contributed by atoms with Crippen LogP contribution in [0.25, 0.3) is 0 Å². The average Bonchev–Trinajstić information content (AvgIpc) is 2.18. The first-order chi connectivity index (χ1) is 7.04. The van der Waals surface area contributed by atoms with Crippen LogP contribution in [-0.4, -0.2) is 27.1 Å². The van der Waals surface area contributed by atoms with Crippen LogP contribution in [0.15, 0.2) is 30.3 Å². The molecule has 0 aliphatic heterocycles. The number of nitrogens with zero attached hydrogens (tertiary/aromatic N) is 1. The van der Waals surface area contributed by atoms with Gasteiger partial charge in [-0.3, -0.25) is 13.2 Å². The second-order valence-electron chi connectivity index (χ2n) is 2.36. The molecule has 0 saturated heterocycles. The Morgan fingerprint density at radius 3 is 1.88 bits per heavy atom. The van der Waals surface area contributed by atoms with E-state index in [1.165, 1.54) is 24.3 Å². The Labute approximate surface area is 96.9 Å². The predicted octanol–water partition coefficient (Wildman–Crippen LogP) is -0.121. The van der Waals surface area contributed by atoms with Crippen LogP contribution in [-0.2, 0) is 22.5 Å². The molecule has 0 saturated carbocycles. The third-order valence-electron chi connectivity index (χ3n) is 1.46. The minimum absolute atomic E-state index is 0. The number of hydrogen-bond donors (Lipinski definition) is 1. The highest BCUT2D eigenvalue weighted by Gasteiger charge is 2.16. The molecule has 1 aromatic rings. The van der Waals surface area contributed by atoms with E-state index in [2.05, 4.69) is 0 Å². The van der Waals surface area contributed by atoms with Gasteiger partial charge < -0.3 is 15.3 Å². The van der Waals surface area contributed by atoms with E-state index < -0.39 is 28.4 Å². The lowest BCUT2D eigenvalue weighted by Gasteiger charge is -2.25. The molecular formula is C7H8N2O5S2-2. The maximum atomic E-state index is 11.4. The minimum atomic E-state index is -3.14. The van der Waals surface area contributed by atoms with E-state index in [0.29, 0.717) is 0 Å². The van der Waals surface area contributed by atoms with Crippen LogP contribution in [0.3, 0.4) is 0 Å². The molecule has 0 aliphatic carbocycles. The Balaban J connectivity index is 0.00000225. The van der Waals surface area contributed by atoms with Gasteiger partial charge in [0.2, 0.25) is 0 Å². The first-order valence-electron chi connectivity index (χ1n) is 3.62. The van der Waals surface area contributed by atoms with Crippen molar-refractivity contribution in [2.75, 3.05) is 0 Å². The topological polar surface area (TPSA) is 136 Å². The molecule has 1 aromatic carbocycles. The standard InChI is InChI=1S/C7H7NO5S2.H3N/c9-7(6-4-2-1-3-5-6)8(14(10)11)15(12)13;/h1-5H,(H,10,11)(H,12,13);1H3/p-2. The van der Waals surface area contributed by atoms with Crippen LogP contribution >= 0.6 is 0 Å². The Bertz CT molecular complexity index is 396. The molecule has 2 atom stereocenters. The van der Waals surface area contributed by atoms with E-state index in [0.717, 1.165) is 0 Å². The van der Waals surface area contributed by atoms with Gasteiger partial charge in [0.1, 0.15) is 0 Å². The molecule has 2 unspecified atom stereocenters. The van der Waals surface area contributed by atoms with Crippen molar-refractivity contribution in [3.63, 3.8) is 0 Å². The van der Waals surface area contributed by atoms with Crippen LogP contribution in [0.2, 0.25) is 0 Å². The second kappa shape index (κ2) is 6.45. The highest BCUT2D eigenvalue weighted by molar-refractivity contribution is 7.93. The summed E-state index contributed by atoms with van der Waals surface area (Å²) in [6, 6.07) is 7.23. The fraction of sp³-hybridized carbons (Fsp3) is 0. The van der Waals surface area contributed by atoms with E-state index in [1.54, 1.807) is 6.07 Å². The SMILES string of the molecule is N.O=C(c1ccccc1)N(S(=O)[O-])S(=O)[O-]. The van der Waals surface area contributed by atoms with Crippen LogP contribution in [0.5, 0.6) is 0 Å². The number of carbonyl (C=O) groups excluding carboxylic acids is 1. The molecular weight excluding hydrogens is 256 g/mol. The molecule has 0 aliphatic rings. The number of amides is 1. The zero-order valence-corrected chi connectivity index (χ0v) is 9.53. The summed E-state index contributed by atoms with van der Waals surface area (Å²) in [6.07, 6.45) is 0. The lowest BCUT2D eigenvalue weighted by molar-refractivity contribution is 0.0918. The predicted molar refractivity (Wildman–Crippen MR) is 55.5 cm³/mol. The number of carbonyl (C=O) groups is 1. The number of benzene rings is 1. The summed E-state index contributed by atoms with van der Waals surface area (Å²) in [4.78, 5) is 11.4. The van der Waals surface area contributed by atoms with Crippen molar-refractivity contribution in [2.45, 2.75) is 0 Å². The molecule has 3 N–H and O–H groups in total. The largest absolute Gasteiger partial charge is 0.754 e. The fourth-order valence-electron chi connectivity index (χ4n) is 0.871. The van der Waals surface area contributed by atoms with E-state index in [1.807, 2.05) is 0 Å². The number of rotatable bonds is 3. The molecule has 1 amide bonds. The third kappa shape index (κ3) is 3.47. The normalized spacial score (nSPS) is 13.4. The monoisotopic (exact) mass is 264 g/mol. The van der Waals surface area contributed by atoms with Gasteiger partial charge in [0, 0.05) is 5.56 Å². The van der Waals surface area contributed by atoms with Crippen molar-refractivity contribution >= 4 is 28.4 Å². The maximum Gasteiger partial charge on any atom is 0.276 e. The van der Waals surface area contributed by atoms with Crippen LogP contribution in [0, 0.1) is 0 Å². The first-order valence-corrected chi connectivity index (χ1v) is 5.68. The summed E-state index contributed by atoms with van der Waals surface area (Å²) in [5.41, 5.74) is -0.0223. The highest BCUT2D eigenvalue weighted by atomic mass is 32.3. The Morgan fingerprint density at radius 1 is 1.06 bits per heavy atom. The van der Waals surface area contributed by atoms with Gasteiger partial charge in [0.05, 0.1) is 22.5 Å². The fourth-order valence-corrected chi connectivity index (χ4v) is 1.75. The van der Waals surface area contributed by atoms with E-state index in [4.69, 9.17) is 0 Å². The summed E-state index contributed by atoms with van der Waals surface area (Å²) in [5.74, 6) is -1.11. The van der Waals surface area contributed by atoms with Crippen molar-refractivity contribution in [2.24, 2.45) is 0 Å². The molecule has 0 fully saturated rings. The number of hydrogen-bond acceptors (Lipinski definition) is 6. The van der Waals surface area contributed by atoms with Crippen molar-refractivity contribution in [1.29, 1.82) is 0 Å². The Kier molecular flexibility index (Phi) is 6.00. The van der Waals surface area contributed by atoms with Crippen LogP contribution < -0.4 is 6.15 Å². The molecule has 7 nitrogen and oxygen atoms in total. The van der Waals surface area contributed by atoms with Gasteiger partial charge in [-0.25, -0.2) is 0 Å². The van der Waals surface area contributed by atoms with Gasteiger partial charge >= 0.3 is 0 Å². The van der Waals surface area contributed by atoms with Crippen molar-refractivity contribution in [1.82, 2.24) is 9.86 Å². The molecule has 9 heteroatoms. The summed E-state index contributed by atoms with van der Waals surface area (Å²) in [6.45, 7) is 0. The zero-order chi connectivity index (χ0) is 11.4. The molecule has 0 radical (unpaired) electrons. The smallest absolute Gasteiger partial charge is 0.276 e. The van der Waals surface area contributed by atoms with E-state index in [-0.39, 0.29) is 15.4 Å². The van der Waals surface area contributed by atoms with E-state index in [9.17, 15) is 22.3 Å². The van der Waals surface area contributed by atoms with Gasteiger partial charge in [-0.2, -0.15) is 3.71 Å². The van der Waals surface area contributed by atoms with Gasteiger partial charge in [-0.1, -0.05) is 18.2 Å². The van der Waals surface area contributed by atoms with Crippen molar-refractivity contribution in [3.8, 4) is 0 Å². The van der Waals surface area contributed by atoms with Crippen molar-refractivity contribution in [3.05, 3.63) is 35.9 Å². The summed E-state index contributed by atoms with van der Waals surface area (Å²) >= 11 is -6.29. The summed E-state index contributed by atoms with van der Waals surface area (Å²) in [7, 11) is 0. The van der Waals surface area contributed by atoms with E-state index >= 15 is 0 Å². The first kappa shape index (κ1) is 14.9. The van der Waals surface area contributed by atoms with Crippen LogP contribution in [0.1, 0.15) is 10.4 Å². The minimum Gasteiger partial charge on any atom is -0.754 e. The molecule has 0 aromatic heterocycles. The molecule has 16 heavy (non-hydrogen) atoms. The zero-order valence-electron chi connectivity index (χ0n) is 7.90. The van der Waals surface area contributed by atoms with Gasteiger partial charge in [0.15, 0.2) is 0 Å². The second-order valence-corrected chi connectivity index (χ2v) is 4.19. The highest BCUT2D eigenvalue weighted by Crippen LogP contribution is 2.07. The summed E-state index contributed by atoms with van der Waals surface area (Å²) < 4.78 is 41.6.